The van der Waals surface area contributed by atoms with Crippen LogP contribution in [0.4, 0.5) is 10.5 Å². The summed E-state index contributed by atoms with van der Waals surface area (Å²) in [4.78, 5) is 33.5. The number of hydrogen-bond acceptors (Lipinski definition) is 3. The van der Waals surface area contributed by atoms with Crippen LogP contribution in [0.25, 0.3) is 16.6 Å². The lowest BCUT2D eigenvalue weighted by Crippen LogP contribution is -2.39. The van der Waals surface area contributed by atoms with Crippen molar-refractivity contribution in [1.82, 2.24) is 14.5 Å². The van der Waals surface area contributed by atoms with E-state index in [4.69, 9.17) is 4.98 Å². The zero-order chi connectivity index (χ0) is 24.4. The maximum absolute atomic E-state index is 13.7. The summed E-state index contributed by atoms with van der Waals surface area (Å²) in [5.41, 5.74) is 5.17. The van der Waals surface area contributed by atoms with E-state index in [1.165, 1.54) is 0 Å². The Morgan fingerprint density at radius 1 is 1.00 bits per heavy atom. The number of amides is 2. The minimum absolute atomic E-state index is 0.144. The Hall–Kier alpha value is -3.93. The summed E-state index contributed by atoms with van der Waals surface area (Å²) in [6.45, 7) is 10.3. The van der Waals surface area contributed by atoms with Crippen molar-refractivity contribution in [1.29, 1.82) is 0 Å². The van der Waals surface area contributed by atoms with Crippen molar-refractivity contribution >= 4 is 22.6 Å². The van der Waals surface area contributed by atoms with Gasteiger partial charge in [-0.1, -0.05) is 47.5 Å². The van der Waals surface area contributed by atoms with E-state index in [9.17, 15) is 9.59 Å². The number of rotatable bonds is 5. The highest BCUT2D eigenvalue weighted by atomic mass is 16.2. The fourth-order valence-corrected chi connectivity index (χ4v) is 4.28. The van der Waals surface area contributed by atoms with Crippen LogP contribution in [-0.4, -0.2) is 27.0 Å². The largest absolute Gasteiger partial charge is 0.322 e. The summed E-state index contributed by atoms with van der Waals surface area (Å²) >= 11 is 0. The molecule has 1 atom stereocenters. The molecular weight excluding hydrogens is 424 g/mol. The van der Waals surface area contributed by atoms with Gasteiger partial charge in [-0.05, 0) is 70.5 Å². The second-order valence-corrected chi connectivity index (χ2v) is 8.68. The summed E-state index contributed by atoms with van der Waals surface area (Å²) in [6.07, 6.45) is 0. The molecule has 34 heavy (non-hydrogen) atoms. The smallest absolute Gasteiger partial charge is 0.315 e. The van der Waals surface area contributed by atoms with Gasteiger partial charge in [-0.2, -0.15) is 0 Å². The van der Waals surface area contributed by atoms with E-state index in [0.29, 0.717) is 23.3 Å². The molecule has 6 nitrogen and oxygen atoms in total. The van der Waals surface area contributed by atoms with Crippen molar-refractivity contribution in [3.8, 4) is 5.69 Å². The van der Waals surface area contributed by atoms with Gasteiger partial charge in [0.25, 0.3) is 5.56 Å². The molecule has 4 aromatic rings. The Labute approximate surface area is 199 Å². The number of nitrogens with one attached hydrogen (secondary N) is 1. The van der Waals surface area contributed by atoms with Crippen molar-refractivity contribution in [2.24, 2.45) is 0 Å². The molecule has 0 radical (unpaired) electrons. The Morgan fingerprint density at radius 2 is 1.68 bits per heavy atom. The maximum atomic E-state index is 13.7. The lowest BCUT2D eigenvalue weighted by Gasteiger charge is -2.30. The number of aryl methyl sites for hydroxylation is 3. The number of para-hydroxylation sites is 1. The van der Waals surface area contributed by atoms with Gasteiger partial charge in [0, 0.05) is 12.2 Å². The lowest BCUT2D eigenvalue weighted by atomic mass is 10.1. The molecule has 0 aliphatic carbocycles. The number of anilines is 1. The maximum Gasteiger partial charge on any atom is 0.322 e. The van der Waals surface area contributed by atoms with E-state index in [1.54, 1.807) is 15.5 Å². The normalized spacial score (nSPS) is 11.9. The molecule has 0 fully saturated rings. The highest BCUT2D eigenvalue weighted by molar-refractivity contribution is 5.89. The van der Waals surface area contributed by atoms with Crippen molar-refractivity contribution in [2.45, 2.75) is 40.7 Å². The first-order chi connectivity index (χ1) is 16.3. The Morgan fingerprint density at radius 3 is 2.35 bits per heavy atom. The molecule has 1 aromatic heterocycles. The minimum atomic E-state index is -0.451. The van der Waals surface area contributed by atoms with E-state index in [0.717, 1.165) is 28.1 Å². The number of carbonyl (C=O) groups excluding carboxylic acids is 1. The van der Waals surface area contributed by atoms with E-state index >= 15 is 0 Å². The van der Waals surface area contributed by atoms with Gasteiger partial charge in [0.15, 0.2) is 0 Å². The number of urea groups is 1. The molecule has 6 heteroatoms. The third-order valence-electron chi connectivity index (χ3n) is 6.14. The van der Waals surface area contributed by atoms with Gasteiger partial charge in [-0.25, -0.2) is 9.78 Å². The van der Waals surface area contributed by atoms with Crippen LogP contribution in [0.15, 0.2) is 71.5 Å². The number of carbonyl (C=O) groups is 1. The number of fused-ring (bicyclic) bond motifs is 1. The molecule has 0 aliphatic rings. The summed E-state index contributed by atoms with van der Waals surface area (Å²) in [7, 11) is 0. The predicted molar refractivity (Wildman–Crippen MR) is 138 cm³/mol. The molecule has 1 N–H and O–H groups in total. The monoisotopic (exact) mass is 454 g/mol. The molecule has 0 saturated carbocycles. The summed E-state index contributed by atoms with van der Waals surface area (Å²) < 4.78 is 1.66. The van der Waals surface area contributed by atoms with Crippen LogP contribution in [-0.2, 0) is 0 Å². The molecule has 4 rings (SSSR count). The van der Waals surface area contributed by atoms with Gasteiger partial charge in [0.1, 0.15) is 5.82 Å². The second-order valence-electron chi connectivity index (χ2n) is 8.68. The van der Waals surface area contributed by atoms with Crippen LogP contribution < -0.4 is 10.9 Å². The van der Waals surface area contributed by atoms with E-state index in [1.807, 2.05) is 95.3 Å². The van der Waals surface area contributed by atoms with E-state index < -0.39 is 6.04 Å². The molecule has 1 heterocycles. The van der Waals surface area contributed by atoms with Crippen molar-refractivity contribution < 1.29 is 4.79 Å². The molecule has 0 saturated heterocycles. The van der Waals surface area contributed by atoms with Gasteiger partial charge in [0.2, 0.25) is 0 Å². The van der Waals surface area contributed by atoms with Crippen molar-refractivity contribution in [3.05, 3.63) is 99.6 Å². The first kappa shape index (κ1) is 23.2. The van der Waals surface area contributed by atoms with Gasteiger partial charge < -0.3 is 10.2 Å². The van der Waals surface area contributed by atoms with E-state index in [-0.39, 0.29) is 11.6 Å². The van der Waals surface area contributed by atoms with Crippen LogP contribution >= 0.6 is 0 Å². The lowest BCUT2D eigenvalue weighted by molar-refractivity contribution is 0.193. The van der Waals surface area contributed by atoms with Crippen LogP contribution in [0.3, 0.4) is 0 Å². The van der Waals surface area contributed by atoms with Crippen LogP contribution in [0.1, 0.15) is 42.4 Å². The van der Waals surface area contributed by atoms with Gasteiger partial charge in [-0.3, -0.25) is 9.36 Å². The number of nitrogens with zero attached hydrogens (tertiary/aromatic N) is 3. The van der Waals surface area contributed by atoms with Gasteiger partial charge in [-0.15, -0.1) is 0 Å². The number of benzene rings is 3. The SMILES string of the molecule is CCN(C(=O)Nc1ccc(C)cc1)C(C)c1nc2ccccc2c(=O)n1-c1ccc(C)cc1C. The van der Waals surface area contributed by atoms with Crippen LogP contribution in [0.5, 0.6) is 0 Å². The quantitative estimate of drug-likeness (QED) is 0.407. The number of hydrogen-bond donors (Lipinski definition) is 1. The van der Waals surface area contributed by atoms with Crippen LogP contribution in [0.2, 0.25) is 0 Å². The van der Waals surface area contributed by atoms with Crippen molar-refractivity contribution in [2.75, 3.05) is 11.9 Å². The van der Waals surface area contributed by atoms with Crippen molar-refractivity contribution in [3.63, 3.8) is 0 Å². The predicted octanol–water partition coefficient (Wildman–Crippen LogP) is 5.93. The standard InChI is InChI=1S/C28H30N4O2/c1-6-31(28(34)29-22-14-11-18(2)12-15-22)21(5)26-30-24-10-8-7-9-23(24)27(33)32(26)25-16-13-19(3)17-20(25)4/h7-17,21H,6H2,1-5H3,(H,29,34). The topological polar surface area (TPSA) is 67.2 Å². The third kappa shape index (κ3) is 4.44. The van der Waals surface area contributed by atoms with E-state index in [2.05, 4.69) is 5.32 Å². The van der Waals surface area contributed by atoms with Gasteiger partial charge >= 0.3 is 6.03 Å². The second kappa shape index (κ2) is 9.51. The third-order valence-corrected chi connectivity index (χ3v) is 6.14. The average molecular weight is 455 g/mol. The molecule has 0 bridgehead atoms. The first-order valence-corrected chi connectivity index (χ1v) is 11.5. The summed E-state index contributed by atoms with van der Waals surface area (Å²) in [5.74, 6) is 0.525. The fraction of sp³-hybridized carbons (Fsp3) is 0.250. The fourth-order valence-electron chi connectivity index (χ4n) is 4.28. The summed E-state index contributed by atoms with van der Waals surface area (Å²) in [5, 5.41) is 3.52. The highest BCUT2D eigenvalue weighted by Crippen LogP contribution is 2.25. The molecular formula is C28H30N4O2. The number of aromatic nitrogens is 2. The Kier molecular flexibility index (Phi) is 6.50. The first-order valence-electron chi connectivity index (χ1n) is 11.5. The Bertz CT molecular complexity index is 1410. The van der Waals surface area contributed by atoms with Crippen LogP contribution in [0, 0.1) is 20.8 Å². The molecule has 0 aliphatic heterocycles. The molecule has 1 unspecified atom stereocenters. The highest BCUT2D eigenvalue weighted by Gasteiger charge is 2.26. The Balaban J connectivity index is 1.83. The molecule has 2 amide bonds. The summed E-state index contributed by atoms with van der Waals surface area (Å²) in [6, 6.07) is 20.3. The zero-order valence-corrected chi connectivity index (χ0v) is 20.3. The molecule has 174 valence electrons. The molecule has 3 aromatic carbocycles. The van der Waals surface area contributed by atoms with Gasteiger partial charge in [0.05, 0.1) is 22.6 Å². The average Bonchev–Trinajstić information content (AvgIpc) is 2.81. The zero-order valence-electron chi connectivity index (χ0n) is 20.3. The minimum Gasteiger partial charge on any atom is -0.315 e. The molecule has 0 spiro atoms.